The summed E-state index contributed by atoms with van der Waals surface area (Å²) in [7, 11) is 2.17. The molecule has 0 unspecified atom stereocenters. The van der Waals surface area contributed by atoms with E-state index >= 15 is 0 Å². The van der Waals surface area contributed by atoms with Crippen molar-refractivity contribution in [1.82, 2.24) is 4.90 Å². The number of nitrogens with zero attached hydrogens (tertiary/aromatic N) is 1. The van der Waals surface area contributed by atoms with E-state index in [4.69, 9.17) is 0 Å². The molecule has 0 bridgehead atoms. The van der Waals surface area contributed by atoms with E-state index in [1.807, 2.05) is 0 Å². The minimum atomic E-state index is -2.34. The molecule has 1 aliphatic rings. The van der Waals surface area contributed by atoms with Crippen molar-refractivity contribution in [2.75, 3.05) is 26.7 Å². The van der Waals surface area contributed by atoms with E-state index in [1.54, 1.807) is 13.8 Å². The highest BCUT2D eigenvalue weighted by atomic mass is 19.3. The van der Waals surface area contributed by atoms with Gasteiger partial charge < -0.3 is 9.64 Å². The fourth-order valence-electron chi connectivity index (χ4n) is 1.14. The molecular weight excluding hydrogens is 188 g/mol. The Morgan fingerprint density at radius 2 is 1.71 bits per heavy atom. The first-order valence-corrected chi connectivity index (χ1v) is 5.10. The average Bonchev–Trinajstić information content (AvgIpc) is 2.53. The Bertz CT molecular complexity index is 117. The van der Waals surface area contributed by atoms with Gasteiger partial charge in [-0.1, -0.05) is 0 Å². The second kappa shape index (κ2) is 8.12. The van der Waals surface area contributed by atoms with Crippen LogP contribution in [0.2, 0.25) is 0 Å². The van der Waals surface area contributed by atoms with Gasteiger partial charge in [-0.15, -0.1) is 0 Å². The number of hydrogen-bond acceptors (Lipinski definition) is 2. The Labute approximate surface area is 85.2 Å². The van der Waals surface area contributed by atoms with Gasteiger partial charge in [0.15, 0.2) is 0 Å². The van der Waals surface area contributed by atoms with Gasteiger partial charge in [0.1, 0.15) is 6.61 Å². The van der Waals surface area contributed by atoms with Crippen molar-refractivity contribution >= 4 is 0 Å². The molecule has 0 N–H and O–H groups in total. The second-order valence-corrected chi connectivity index (χ2v) is 3.78. The topological polar surface area (TPSA) is 12.5 Å². The van der Waals surface area contributed by atoms with Gasteiger partial charge in [0.05, 0.1) is 6.10 Å². The Hall–Kier alpha value is -0.220. The maximum absolute atomic E-state index is 11.3. The second-order valence-electron chi connectivity index (χ2n) is 3.78. The maximum Gasteiger partial charge on any atom is 0.261 e. The van der Waals surface area contributed by atoms with Gasteiger partial charge in [0, 0.05) is 0 Å². The number of likely N-dealkylation sites (tertiary alicyclic amines) is 1. The molecule has 86 valence electrons. The van der Waals surface area contributed by atoms with E-state index in [0.29, 0.717) is 0 Å². The van der Waals surface area contributed by atoms with Gasteiger partial charge in [-0.3, -0.25) is 0 Å². The third-order valence-electron chi connectivity index (χ3n) is 1.89. The largest absolute Gasteiger partial charge is 0.373 e. The third kappa shape index (κ3) is 9.86. The molecule has 0 aromatic carbocycles. The highest BCUT2D eigenvalue weighted by molar-refractivity contribution is 4.59. The van der Waals surface area contributed by atoms with E-state index in [1.165, 1.54) is 25.9 Å². The Kier molecular flexibility index (Phi) is 7.99. The van der Waals surface area contributed by atoms with Crippen molar-refractivity contribution in [3.05, 3.63) is 0 Å². The lowest BCUT2D eigenvalue weighted by Crippen LogP contribution is -2.10. The Morgan fingerprint density at radius 1 is 1.21 bits per heavy atom. The quantitative estimate of drug-likeness (QED) is 0.707. The van der Waals surface area contributed by atoms with Crippen LogP contribution in [0.4, 0.5) is 8.78 Å². The summed E-state index contributed by atoms with van der Waals surface area (Å²) in [6, 6.07) is 0. The number of hydrogen-bond donors (Lipinski definition) is 0. The molecule has 1 fully saturated rings. The first-order chi connectivity index (χ1) is 6.52. The van der Waals surface area contributed by atoms with Gasteiger partial charge >= 0.3 is 0 Å². The van der Waals surface area contributed by atoms with Crippen LogP contribution >= 0.6 is 0 Å². The lowest BCUT2D eigenvalue weighted by Gasteiger charge is -2.04. The van der Waals surface area contributed by atoms with Crippen molar-refractivity contribution < 1.29 is 13.5 Å². The smallest absolute Gasteiger partial charge is 0.261 e. The summed E-state index contributed by atoms with van der Waals surface area (Å²) in [6.07, 6.45) is 0.397. The molecule has 1 rings (SSSR count). The van der Waals surface area contributed by atoms with E-state index in [0.717, 1.165) is 0 Å². The van der Waals surface area contributed by atoms with Crippen LogP contribution in [-0.2, 0) is 4.74 Å². The summed E-state index contributed by atoms with van der Waals surface area (Å²) in [5.74, 6) is 0. The molecule has 0 radical (unpaired) electrons. The minimum absolute atomic E-state index is 0.0935. The molecule has 0 aliphatic carbocycles. The van der Waals surface area contributed by atoms with Crippen molar-refractivity contribution in [3.63, 3.8) is 0 Å². The number of alkyl halides is 2. The Morgan fingerprint density at radius 3 is 1.86 bits per heavy atom. The summed E-state index contributed by atoms with van der Waals surface area (Å²) in [5, 5.41) is 0. The van der Waals surface area contributed by atoms with E-state index in [9.17, 15) is 8.78 Å². The highest BCUT2D eigenvalue weighted by Gasteiger charge is 2.03. The van der Waals surface area contributed by atoms with Crippen molar-refractivity contribution in [3.8, 4) is 0 Å². The molecule has 1 saturated heterocycles. The van der Waals surface area contributed by atoms with Crippen LogP contribution in [0, 0.1) is 0 Å². The summed E-state index contributed by atoms with van der Waals surface area (Å²) >= 11 is 0. The van der Waals surface area contributed by atoms with Crippen molar-refractivity contribution in [2.45, 2.75) is 39.2 Å². The Balaban J connectivity index is 0.000000249. The van der Waals surface area contributed by atoms with Crippen LogP contribution < -0.4 is 0 Å². The van der Waals surface area contributed by atoms with Gasteiger partial charge in [-0.05, 0) is 46.8 Å². The summed E-state index contributed by atoms with van der Waals surface area (Å²) < 4.78 is 27.1. The number of halogens is 2. The van der Waals surface area contributed by atoms with Gasteiger partial charge in [-0.25, -0.2) is 8.78 Å². The van der Waals surface area contributed by atoms with Crippen LogP contribution in [0.25, 0.3) is 0 Å². The van der Waals surface area contributed by atoms with E-state index < -0.39 is 13.0 Å². The molecule has 0 saturated carbocycles. The standard InChI is InChI=1S/C5H10F2O.C5H11N/c1-4(2)8-3-5(6)7;1-6-4-2-3-5-6/h4-5H,3H2,1-2H3;2-5H2,1H3. The van der Waals surface area contributed by atoms with Gasteiger partial charge in [0.2, 0.25) is 0 Å². The summed E-state index contributed by atoms with van der Waals surface area (Å²) in [4.78, 5) is 2.36. The molecule has 0 aromatic heterocycles. The van der Waals surface area contributed by atoms with E-state index in [2.05, 4.69) is 16.7 Å². The molecule has 1 heterocycles. The van der Waals surface area contributed by atoms with Crippen LogP contribution in [0.5, 0.6) is 0 Å². The zero-order chi connectivity index (χ0) is 11.0. The highest BCUT2D eigenvalue weighted by Crippen LogP contribution is 2.02. The first kappa shape index (κ1) is 13.8. The maximum atomic E-state index is 11.3. The molecule has 4 heteroatoms. The lowest BCUT2D eigenvalue weighted by atomic mass is 10.4. The minimum Gasteiger partial charge on any atom is -0.373 e. The first-order valence-electron chi connectivity index (χ1n) is 5.10. The van der Waals surface area contributed by atoms with Crippen molar-refractivity contribution in [2.24, 2.45) is 0 Å². The van der Waals surface area contributed by atoms with Crippen LogP contribution in [-0.4, -0.2) is 44.2 Å². The predicted octanol–water partition coefficient (Wildman–Crippen LogP) is 2.39. The molecular formula is C10H21F2NO. The number of ether oxygens (including phenoxy) is 1. The SMILES string of the molecule is CC(C)OCC(F)F.CN1CCCC1. The fourth-order valence-corrected chi connectivity index (χ4v) is 1.14. The van der Waals surface area contributed by atoms with Crippen LogP contribution in [0.1, 0.15) is 26.7 Å². The predicted molar refractivity (Wildman–Crippen MR) is 53.8 cm³/mol. The van der Waals surface area contributed by atoms with Gasteiger partial charge in [-0.2, -0.15) is 0 Å². The summed E-state index contributed by atoms with van der Waals surface area (Å²) in [6.45, 7) is 5.64. The number of rotatable bonds is 3. The fraction of sp³-hybridized carbons (Fsp3) is 1.00. The molecule has 1 aliphatic heterocycles. The average molecular weight is 209 g/mol. The third-order valence-corrected chi connectivity index (χ3v) is 1.89. The monoisotopic (exact) mass is 209 g/mol. The summed E-state index contributed by atoms with van der Waals surface area (Å²) in [5.41, 5.74) is 0. The molecule has 2 nitrogen and oxygen atoms in total. The molecule has 0 aromatic rings. The van der Waals surface area contributed by atoms with Crippen LogP contribution in [0.15, 0.2) is 0 Å². The van der Waals surface area contributed by atoms with E-state index in [-0.39, 0.29) is 6.10 Å². The van der Waals surface area contributed by atoms with Crippen LogP contribution in [0.3, 0.4) is 0 Å². The molecule has 0 spiro atoms. The zero-order valence-corrected chi connectivity index (χ0v) is 9.30. The van der Waals surface area contributed by atoms with Gasteiger partial charge in [0.25, 0.3) is 6.43 Å². The lowest BCUT2D eigenvalue weighted by molar-refractivity contribution is -0.0104. The zero-order valence-electron chi connectivity index (χ0n) is 9.30. The van der Waals surface area contributed by atoms with Crippen molar-refractivity contribution in [1.29, 1.82) is 0 Å². The molecule has 0 amide bonds. The normalized spacial score (nSPS) is 17.4. The molecule has 14 heavy (non-hydrogen) atoms. The molecule has 0 atom stereocenters.